The Morgan fingerprint density at radius 2 is 1.84 bits per heavy atom. The molecular formula is C18H19N5O2. The van der Waals surface area contributed by atoms with Gasteiger partial charge in [0.1, 0.15) is 6.54 Å². The molecule has 3 amide bonds. The number of hydrogen-bond acceptors (Lipinski definition) is 4. The van der Waals surface area contributed by atoms with Crippen LogP contribution in [0.4, 0.5) is 22.0 Å². The summed E-state index contributed by atoms with van der Waals surface area (Å²) in [6, 6.07) is 11.2. The number of rotatable bonds is 2. The Labute approximate surface area is 146 Å². The van der Waals surface area contributed by atoms with E-state index >= 15 is 0 Å². The van der Waals surface area contributed by atoms with Gasteiger partial charge in [0.15, 0.2) is 5.82 Å². The van der Waals surface area contributed by atoms with Crippen molar-refractivity contribution in [1.29, 1.82) is 0 Å². The van der Waals surface area contributed by atoms with Crippen molar-refractivity contribution in [2.24, 2.45) is 0 Å². The number of fused-ring (bicyclic) bond motifs is 2. The van der Waals surface area contributed by atoms with E-state index in [-0.39, 0.29) is 18.5 Å². The Kier molecular flexibility index (Phi) is 3.56. The van der Waals surface area contributed by atoms with Gasteiger partial charge >= 0.3 is 6.03 Å². The maximum atomic E-state index is 12.9. The van der Waals surface area contributed by atoms with Crippen molar-refractivity contribution in [2.45, 2.75) is 6.42 Å². The lowest BCUT2D eigenvalue weighted by Gasteiger charge is -2.40. The predicted octanol–water partition coefficient (Wildman–Crippen LogP) is 1.89. The molecular weight excluding hydrogens is 318 g/mol. The molecule has 2 aliphatic heterocycles. The van der Waals surface area contributed by atoms with Gasteiger partial charge in [-0.1, -0.05) is 18.2 Å². The first-order valence-corrected chi connectivity index (χ1v) is 8.20. The predicted molar refractivity (Wildman–Crippen MR) is 95.6 cm³/mol. The van der Waals surface area contributed by atoms with E-state index < -0.39 is 0 Å². The number of hydrogen-bond donors (Lipinski definition) is 0. The number of carbonyl (C=O) groups excluding carboxylic acids is 2. The second-order valence-corrected chi connectivity index (χ2v) is 6.19. The molecule has 2 aliphatic rings. The maximum absolute atomic E-state index is 12.9. The summed E-state index contributed by atoms with van der Waals surface area (Å²) in [6.07, 6.45) is 2.52. The molecule has 25 heavy (non-hydrogen) atoms. The van der Waals surface area contributed by atoms with Crippen LogP contribution >= 0.6 is 0 Å². The molecule has 128 valence electrons. The molecule has 7 nitrogen and oxygen atoms in total. The lowest BCUT2D eigenvalue weighted by molar-refractivity contribution is -0.117. The smallest absolute Gasteiger partial charge is 0.310 e. The second-order valence-electron chi connectivity index (χ2n) is 6.19. The van der Waals surface area contributed by atoms with Crippen LogP contribution in [0.5, 0.6) is 0 Å². The summed E-state index contributed by atoms with van der Waals surface area (Å²) in [4.78, 5) is 33.2. The summed E-state index contributed by atoms with van der Waals surface area (Å²) in [5.41, 5.74) is 2.75. The summed E-state index contributed by atoms with van der Waals surface area (Å²) in [5.74, 6) is 0.560. The Balaban J connectivity index is 1.63. The van der Waals surface area contributed by atoms with Crippen molar-refractivity contribution < 1.29 is 9.59 Å². The van der Waals surface area contributed by atoms with Gasteiger partial charge in [0.2, 0.25) is 5.91 Å². The lowest BCUT2D eigenvalue weighted by atomic mass is 10.2. The van der Waals surface area contributed by atoms with E-state index in [2.05, 4.69) is 4.98 Å². The van der Waals surface area contributed by atoms with E-state index in [1.807, 2.05) is 30.3 Å². The molecule has 0 aliphatic carbocycles. The molecule has 3 heterocycles. The number of amides is 3. The Hall–Kier alpha value is -3.09. The third-order valence-corrected chi connectivity index (χ3v) is 4.80. The van der Waals surface area contributed by atoms with E-state index in [1.54, 1.807) is 36.3 Å². The molecule has 0 spiro atoms. The number of carbonyl (C=O) groups is 2. The third-order valence-electron chi connectivity index (χ3n) is 4.80. The summed E-state index contributed by atoms with van der Waals surface area (Å²) >= 11 is 0. The first-order chi connectivity index (χ1) is 12.1. The van der Waals surface area contributed by atoms with Gasteiger partial charge in [-0.25, -0.2) is 14.8 Å². The van der Waals surface area contributed by atoms with E-state index in [9.17, 15) is 9.59 Å². The second kappa shape index (κ2) is 5.77. The van der Waals surface area contributed by atoms with Gasteiger partial charge in [-0.3, -0.25) is 14.7 Å². The molecule has 0 radical (unpaired) electrons. The van der Waals surface area contributed by atoms with Crippen molar-refractivity contribution in [1.82, 2.24) is 9.99 Å². The average molecular weight is 337 g/mol. The fraction of sp³-hybridized carbons (Fsp3) is 0.278. The molecule has 7 heteroatoms. The van der Waals surface area contributed by atoms with Gasteiger partial charge < -0.3 is 4.90 Å². The molecule has 2 aromatic rings. The van der Waals surface area contributed by atoms with E-state index in [0.29, 0.717) is 18.1 Å². The first-order valence-electron chi connectivity index (χ1n) is 8.20. The van der Waals surface area contributed by atoms with Crippen LogP contribution in [0.2, 0.25) is 0 Å². The largest absolute Gasteiger partial charge is 0.343 e. The number of hydrazine groups is 1. The molecule has 4 rings (SSSR count). The zero-order valence-corrected chi connectivity index (χ0v) is 14.2. The van der Waals surface area contributed by atoms with Crippen LogP contribution in [0, 0.1) is 0 Å². The van der Waals surface area contributed by atoms with Crippen molar-refractivity contribution >= 4 is 29.1 Å². The van der Waals surface area contributed by atoms with Crippen LogP contribution in [-0.2, 0) is 11.2 Å². The number of para-hydroxylation sites is 1. The van der Waals surface area contributed by atoms with Crippen molar-refractivity contribution in [3.8, 4) is 0 Å². The first kappa shape index (κ1) is 15.4. The zero-order chi connectivity index (χ0) is 17.6. The zero-order valence-electron chi connectivity index (χ0n) is 14.2. The van der Waals surface area contributed by atoms with Crippen molar-refractivity contribution in [3.63, 3.8) is 0 Å². The molecule has 0 unspecified atom stereocenters. The van der Waals surface area contributed by atoms with E-state index in [1.165, 1.54) is 15.5 Å². The number of aromatic nitrogens is 1. The standard InChI is InChI=1S/C18H19N5O2/c1-20-17-15(8-5-10-19-17)23(18(25)21(20)2)12-16(24)22-11-9-13-6-3-4-7-14(13)22/h3-8,10H,9,11-12H2,1-2H3. The SMILES string of the molecule is CN1C(=O)N(CC(=O)N2CCc3ccccc32)c2cccnc2N1C. The Morgan fingerprint density at radius 1 is 1.08 bits per heavy atom. The normalized spacial score (nSPS) is 16.2. The average Bonchev–Trinajstić information content (AvgIpc) is 3.07. The molecule has 0 saturated carbocycles. The highest BCUT2D eigenvalue weighted by Gasteiger charge is 2.35. The molecule has 1 aromatic heterocycles. The van der Waals surface area contributed by atoms with Crippen LogP contribution in [0.1, 0.15) is 5.56 Å². The fourth-order valence-corrected chi connectivity index (χ4v) is 3.37. The highest BCUT2D eigenvalue weighted by Crippen LogP contribution is 2.33. The quantitative estimate of drug-likeness (QED) is 0.840. The van der Waals surface area contributed by atoms with Gasteiger partial charge in [-0.05, 0) is 30.2 Å². The van der Waals surface area contributed by atoms with E-state index in [0.717, 1.165) is 12.1 Å². The lowest BCUT2D eigenvalue weighted by Crippen LogP contribution is -2.56. The molecule has 1 aromatic carbocycles. The topological polar surface area (TPSA) is 60.0 Å². The number of benzene rings is 1. The van der Waals surface area contributed by atoms with Crippen LogP contribution in [-0.4, -0.2) is 49.1 Å². The van der Waals surface area contributed by atoms with Gasteiger partial charge in [0, 0.05) is 32.5 Å². The highest BCUT2D eigenvalue weighted by atomic mass is 16.2. The van der Waals surface area contributed by atoms with Gasteiger partial charge in [0.05, 0.1) is 5.69 Å². The van der Waals surface area contributed by atoms with Gasteiger partial charge in [-0.15, -0.1) is 0 Å². The number of anilines is 3. The van der Waals surface area contributed by atoms with Crippen LogP contribution in [0.25, 0.3) is 0 Å². The number of pyridine rings is 1. The summed E-state index contributed by atoms with van der Waals surface area (Å²) in [5, 5.41) is 3.14. The Morgan fingerprint density at radius 3 is 2.68 bits per heavy atom. The summed E-state index contributed by atoms with van der Waals surface area (Å²) < 4.78 is 0. The fourth-order valence-electron chi connectivity index (χ4n) is 3.37. The molecule has 0 fully saturated rings. The highest BCUT2D eigenvalue weighted by molar-refractivity contribution is 6.06. The molecule has 0 atom stereocenters. The van der Waals surface area contributed by atoms with Crippen LogP contribution in [0.3, 0.4) is 0 Å². The van der Waals surface area contributed by atoms with Crippen LogP contribution in [0.15, 0.2) is 42.6 Å². The number of nitrogens with zero attached hydrogens (tertiary/aromatic N) is 5. The van der Waals surface area contributed by atoms with E-state index in [4.69, 9.17) is 0 Å². The summed E-state index contributed by atoms with van der Waals surface area (Å²) in [6.45, 7) is 0.639. The van der Waals surface area contributed by atoms with Crippen molar-refractivity contribution in [2.75, 3.05) is 42.0 Å². The van der Waals surface area contributed by atoms with Crippen molar-refractivity contribution in [3.05, 3.63) is 48.2 Å². The van der Waals surface area contributed by atoms with Gasteiger partial charge in [-0.2, -0.15) is 0 Å². The minimum Gasteiger partial charge on any atom is -0.310 e. The summed E-state index contributed by atoms with van der Waals surface area (Å²) in [7, 11) is 3.45. The van der Waals surface area contributed by atoms with Crippen LogP contribution < -0.4 is 14.8 Å². The molecule has 0 saturated heterocycles. The monoisotopic (exact) mass is 337 g/mol. The maximum Gasteiger partial charge on any atom is 0.343 e. The molecule has 0 N–H and O–H groups in total. The Bertz CT molecular complexity index is 853. The third kappa shape index (κ3) is 2.39. The number of urea groups is 1. The van der Waals surface area contributed by atoms with Gasteiger partial charge in [0.25, 0.3) is 0 Å². The minimum atomic E-state index is -0.246. The molecule has 0 bridgehead atoms. The minimum absolute atomic E-state index is 0.00988.